The van der Waals surface area contributed by atoms with Crippen LogP contribution in [0.2, 0.25) is 0 Å². The van der Waals surface area contributed by atoms with Crippen molar-refractivity contribution >= 4 is 0 Å². The van der Waals surface area contributed by atoms with Crippen LogP contribution in [0.5, 0.6) is 5.75 Å². The first-order chi connectivity index (χ1) is 10.2. The van der Waals surface area contributed by atoms with Crippen molar-refractivity contribution in [2.75, 3.05) is 27.4 Å². The third-order valence-corrected chi connectivity index (χ3v) is 3.08. The molecule has 0 amide bonds. The Morgan fingerprint density at radius 1 is 1.29 bits per heavy atom. The number of ether oxygens (including phenoxy) is 2. The van der Waals surface area contributed by atoms with Gasteiger partial charge in [-0.2, -0.15) is 5.10 Å². The molecule has 5 nitrogen and oxygen atoms in total. The molecule has 1 heterocycles. The molecule has 1 aromatic heterocycles. The maximum Gasteiger partial charge on any atom is 0.170 e. The molecule has 2 aromatic rings. The zero-order chi connectivity index (χ0) is 15.1. The molecule has 21 heavy (non-hydrogen) atoms. The van der Waals surface area contributed by atoms with Gasteiger partial charge in [-0.3, -0.25) is 4.68 Å². The highest BCUT2D eigenvalue weighted by Gasteiger charge is 2.09. The third-order valence-electron chi connectivity index (χ3n) is 3.08. The van der Waals surface area contributed by atoms with Crippen molar-refractivity contribution in [2.45, 2.75) is 13.1 Å². The van der Waals surface area contributed by atoms with Crippen molar-refractivity contribution in [2.24, 2.45) is 0 Å². The maximum atomic E-state index is 14.1. The van der Waals surface area contributed by atoms with E-state index < -0.39 is 0 Å². The molecular weight excluding hydrogens is 273 g/mol. The smallest absolute Gasteiger partial charge is 0.170 e. The average molecular weight is 293 g/mol. The van der Waals surface area contributed by atoms with Crippen LogP contribution in [0, 0.1) is 5.82 Å². The second-order valence-electron chi connectivity index (χ2n) is 4.61. The molecule has 1 N–H and O–H groups in total. The number of nitrogens with one attached hydrogen (secondary N) is 1. The molecule has 0 atom stereocenters. The Kier molecular flexibility index (Phi) is 5.71. The highest BCUT2D eigenvalue weighted by Crippen LogP contribution is 2.20. The van der Waals surface area contributed by atoms with Crippen LogP contribution in [-0.4, -0.2) is 37.2 Å². The minimum absolute atomic E-state index is 0.251. The summed E-state index contributed by atoms with van der Waals surface area (Å²) in [6.45, 7) is 2.47. The molecule has 2 rings (SSSR count). The summed E-state index contributed by atoms with van der Waals surface area (Å²) in [5.41, 5.74) is 1.46. The number of hydrogen-bond acceptors (Lipinski definition) is 4. The van der Waals surface area contributed by atoms with Crippen molar-refractivity contribution in [1.29, 1.82) is 0 Å². The number of hydrogen-bond donors (Lipinski definition) is 1. The SMILES string of the molecule is COCCNCc1ccn(Cc2cccc(OC)c2F)n1. The first-order valence-corrected chi connectivity index (χ1v) is 6.78. The van der Waals surface area contributed by atoms with Gasteiger partial charge in [0, 0.05) is 32.0 Å². The zero-order valence-corrected chi connectivity index (χ0v) is 12.3. The molecule has 0 unspecified atom stereocenters. The molecule has 6 heteroatoms. The summed E-state index contributed by atoms with van der Waals surface area (Å²) >= 11 is 0. The van der Waals surface area contributed by atoms with Crippen molar-refractivity contribution in [1.82, 2.24) is 15.1 Å². The molecular formula is C15H20FN3O2. The van der Waals surface area contributed by atoms with E-state index in [1.807, 2.05) is 12.3 Å². The van der Waals surface area contributed by atoms with Gasteiger partial charge in [-0.15, -0.1) is 0 Å². The Hall–Kier alpha value is -1.92. The minimum atomic E-state index is -0.338. The highest BCUT2D eigenvalue weighted by molar-refractivity contribution is 5.31. The lowest BCUT2D eigenvalue weighted by Crippen LogP contribution is -2.19. The molecule has 0 radical (unpaired) electrons. The summed E-state index contributed by atoms with van der Waals surface area (Å²) in [5, 5.41) is 7.62. The topological polar surface area (TPSA) is 48.3 Å². The fourth-order valence-corrected chi connectivity index (χ4v) is 1.99. The Labute approximate surface area is 123 Å². The molecule has 1 aromatic carbocycles. The quantitative estimate of drug-likeness (QED) is 0.754. The van der Waals surface area contributed by atoms with Gasteiger partial charge in [0.15, 0.2) is 11.6 Å². The van der Waals surface area contributed by atoms with Gasteiger partial charge in [0.25, 0.3) is 0 Å². The van der Waals surface area contributed by atoms with E-state index in [9.17, 15) is 4.39 Å². The van der Waals surface area contributed by atoms with E-state index in [0.717, 1.165) is 12.2 Å². The molecule has 0 saturated carbocycles. The van der Waals surface area contributed by atoms with Gasteiger partial charge in [0.05, 0.1) is 26.0 Å². The number of benzene rings is 1. The van der Waals surface area contributed by atoms with Gasteiger partial charge < -0.3 is 14.8 Å². The summed E-state index contributed by atoms with van der Waals surface area (Å²) in [5.74, 6) is -0.0867. The van der Waals surface area contributed by atoms with Crippen molar-refractivity contribution < 1.29 is 13.9 Å². The molecule has 0 saturated heterocycles. The summed E-state index contributed by atoms with van der Waals surface area (Å²) < 4.78 is 25.7. The Balaban J connectivity index is 1.96. The highest BCUT2D eigenvalue weighted by atomic mass is 19.1. The Bertz CT molecular complexity index is 572. The van der Waals surface area contributed by atoms with Crippen LogP contribution in [-0.2, 0) is 17.8 Å². The van der Waals surface area contributed by atoms with Crippen molar-refractivity contribution in [3.63, 3.8) is 0 Å². The number of halogens is 1. The molecule has 0 bridgehead atoms. The van der Waals surface area contributed by atoms with Crippen LogP contribution in [0.15, 0.2) is 30.5 Å². The largest absolute Gasteiger partial charge is 0.494 e. The van der Waals surface area contributed by atoms with E-state index in [4.69, 9.17) is 9.47 Å². The lowest BCUT2D eigenvalue weighted by atomic mass is 10.2. The maximum absolute atomic E-state index is 14.1. The van der Waals surface area contributed by atoms with E-state index in [1.165, 1.54) is 7.11 Å². The van der Waals surface area contributed by atoms with Crippen molar-refractivity contribution in [3.05, 3.63) is 47.5 Å². The van der Waals surface area contributed by atoms with Crippen LogP contribution in [0.25, 0.3) is 0 Å². The molecule has 0 aliphatic heterocycles. The predicted octanol–water partition coefficient (Wildman–Crippen LogP) is 1.82. The van der Waals surface area contributed by atoms with E-state index in [-0.39, 0.29) is 11.6 Å². The number of nitrogens with zero attached hydrogens (tertiary/aromatic N) is 2. The van der Waals surface area contributed by atoms with Crippen LogP contribution in [0.1, 0.15) is 11.3 Å². The molecule has 0 spiro atoms. The third kappa shape index (κ3) is 4.27. The normalized spacial score (nSPS) is 10.8. The lowest BCUT2D eigenvalue weighted by Gasteiger charge is -2.07. The van der Waals surface area contributed by atoms with Gasteiger partial charge in [-0.1, -0.05) is 12.1 Å². The Morgan fingerprint density at radius 3 is 2.90 bits per heavy atom. The van der Waals surface area contributed by atoms with E-state index in [2.05, 4.69) is 10.4 Å². The van der Waals surface area contributed by atoms with Crippen molar-refractivity contribution in [3.8, 4) is 5.75 Å². The molecule has 0 aliphatic carbocycles. The fourth-order valence-electron chi connectivity index (χ4n) is 1.99. The van der Waals surface area contributed by atoms with Gasteiger partial charge in [0.2, 0.25) is 0 Å². The number of rotatable bonds is 8. The lowest BCUT2D eigenvalue weighted by molar-refractivity contribution is 0.199. The fraction of sp³-hybridized carbons (Fsp3) is 0.400. The Morgan fingerprint density at radius 2 is 2.14 bits per heavy atom. The zero-order valence-electron chi connectivity index (χ0n) is 12.3. The second kappa shape index (κ2) is 7.75. The van der Waals surface area contributed by atoms with Gasteiger partial charge in [-0.25, -0.2) is 4.39 Å². The first kappa shape index (κ1) is 15.5. The summed E-state index contributed by atoms with van der Waals surface area (Å²) in [6, 6.07) is 7.02. The van der Waals surface area contributed by atoms with Gasteiger partial charge in [0.1, 0.15) is 0 Å². The average Bonchev–Trinajstić information content (AvgIpc) is 2.93. The summed E-state index contributed by atoms with van der Waals surface area (Å²) in [7, 11) is 3.12. The summed E-state index contributed by atoms with van der Waals surface area (Å²) in [4.78, 5) is 0. The number of aromatic nitrogens is 2. The molecule has 0 fully saturated rings. The van der Waals surface area contributed by atoms with Crippen LogP contribution < -0.4 is 10.1 Å². The van der Waals surface area contributed by atoms with Gasteiger partial charge in [-0.05, 0) is 12.1 Å². The van der Waals surface area contributed by atoms with Crippen LogP contribution in [0.4, 0.5) is 4.39 Å². The van der Waals surface area contributed by atoms with E-state index >= 15 is 0 Å². The van der Waals surface area contributed by atoms with Gasteiger partial charge >= 0.3 is 0 Å². The van der Waals surface area contributed by atoms with E-state index in [0.29, 0.717) is 25.3 Å². The minimum Gasteiger partial charge on any atom is -0.494 e. The second-order valence-corrected chi connectivity index (χ2v) is 4.61. The number of methoxy groups -OCH3 is 2. The molecule has 114 valence electrons. The summed E-state index contributed by atoms with van der Waals surface area (Å²) in [6.07, 6.45) is 1.84. The standard InChI is InChI=1S/C15H20FN3O2/c1-20-9-7-17-10-13-6-8-19(18-13)11-12-4-3-5-14(21-2)15(12)16/h3-6,8,17H,7,9-11H2,1-2H3. The predicted molar refractivity (Wildman–Crippen MR) is 77.9 cm³/mol. The first-order valence-electron chi connectivity index (χ1n) is 6.78. The molecule has 0 aliphatic rings. The van der Waals surface area contributed by atoms with E-state index in [1.54, 1.807) is 30.0 Å². The van der Waals surface area contributed by atoms with Crippen LogP contribution >= 0.6 is 0 Å². The monoisotopic (exact) mass is 293 g/mol. The van der Waals surface area contributed by atoms with Crippen LogP contribution in [0.3, 0.4) is 0 Å².